The van der Waals surface area contributed by atoms with Gasteiger partial charge in [0.2, 0.25) is 5.91 Å². The lowest BCUT2D eigenvalue weighted by molar-refractivity contribution is -0.132. The molecule has 4 rings (SSSR count). The van der Waals surface area contributed by atoms with E-state index in [1.165, 1.54) is 0 Å². The van der Waals surface area contributed by atoms with Crippen LogP contribution in [-0.2, 0) is 20.7 Å². The molecule has 2 amide bonds. The third-order valence-corrected chi connectivity index (χ3v) is 5.80. The summed E-state index contributed by atoms with van der Waals surface area (Å²) >= 11 is 0. The van der Waals surface area contributed by atoms with E-state index in [0.29, 0.717) is 26.1 Å². The minimum Gasteiger partial charge on any atom is -0.374 e. The summed E-state index contributed by atoms with van der Waals surface area (Å²) < 4.78 is 5.57. The molecule has 2 aliphatic heterocycles. The zero-order valence-electron chi connectivity index (χ0n) is 18.1. The molecule has 0 aromatic heterocycles. The first-order valence-corrected chi connectivity index (χ1v) is 10.8. The second kappa shape index (κ2) is 9.81. The highest BCUT2D eigenvalue weighted by Gasteiger charge is 2.24. The molecule has 0 aliphatic carbocycles. The lowest BCUT2D eigenvalue weighted by Crippen LogP contribution is -2.46. The minimum atomic E-state index is -0.630. The van der Waals surface area contributed by atoms with Crippen molar-refractivity contribution in [1.29, 1.82) is 5.26 Å². The van der Waals surface area contributed by atoms with Crippen LogP contribution < -0.4 is 20.9 Å². The van der Waals surface area contributed by atoms with E-state index in [1.807, 2.05) is 42.5 Å². The molecule has 0 spiro atoms. The smallest absolute Gasteiger partial charge is 0.251 e. The van der Waals surface area contributed by atoms with Gasteiger partial charge in [-0.3, -0.25) is 9.59 Å². The summed E-state index contributed by atoms with van der Waals surface area (Å²) in [7, 11) is 1.78. The first-order chi connectivity index (χ1) is 15.5. The lowest BCUT2D eigenvalue weighted by Gasteiger charge is -2.27. The number of amides is 2. The number of rotatable bonds is 5. The summed E-state index contributed by atoms with van der Waals surface area (Å²) in [5.74, 6) is -0.233. The molecule has 8 heteroatoms. The van der Waals surface area contributed by atoms with E-state index in [0.717, 1.165) is 41.0 Å². The highest BCUT2D eigenvalue weighted by molar-refractivity contribution is 6.03. The summed E-state index contributed by atoms with van der Waals surface area (Å²) in [5.41, 5.74) is 4.76. The number of hydrogen-bond acceptors (Lipinski definition) is 6. The number of nitrogens with zero attached hydrogens (tertiary/aromatic N) is 2. The predicted octanol–water partition coefficient (Wildman–Crippen LogP) is 1.67. The fraction of sp³-hybridized carbons (Fsp3) is 0.375. The molecule has 1 fully saturated rings. The highest BCUT2D eigenvalue weighted by Crippen LogP contribution is 2.33. The molecule has 2 aromatic carbocycles. The molecule has 2 aromatic rings. The molecule has 2 aliphatic rings. The Morgan fingerprint density at radius 1 is 1.28 bits per heavy atom. The van der Waals surface area contributed by atoms with Gasteiger partial charge < -0.3 is 25.6 Å². The normalized spacial score (nSPS) is 19.2. The Balaban J connectivity index is 1.41. The Hall–Kier alpha value is -3.41. The van der Waals surface area contributed by atoms with E-state index in [2.05, 4.69) is 22.0 Å². The number of nitriles is 1. The third kappa shape index (κ3) is 4.90. The molecule has 0 radical (unpaired) electrons. The van der Waals surface area contributed by atoms with E-state index in [-0.39, 0.29) is 11.8 Å². The summed E-state index contributed by atoms with van der Waals surface area (Å²) in [6.45, 7) is 2.12. The van der Waals surface area contributed by atoms with Crippen molar-refractivity contribution < 1.29 is 14.3 Å². The van der Waals surface area contributed by atoms with Crippen molar-refractivity contribution in [3.63, 3.8) is 0 Å². The molecule has 8 nitrogen and oxygen atoms in total. The minimum absolute atomic E-state index is 0.0274. The average molecular weight is 434 g/mol. The maximum Gasteiger partial charge on any atom is 0.251 e. The van der Waals surface area contributed by atoms with Gasteiger partial charge >= 0.3 is 0 Å². The van der Waals surface area contributed by atoms with Crippen molar-refractivity contribution in [3.05, 3.63) is 48.0 Å². The second-order valence-electron chi connectivity index (χ2n) is 8.05. The van der Waals surface area contributed by atoms with Crippen molar-refractivity contribution in [1.82, 2.24) is 10.6 Å². The fourth-order valence-corrected chi connectivity index (χ4v) is 3.91. The summed E-state index contributed by atoms with van der Waals surface area (Å²) in [4.78, 5) is 26.1. The Morgan fingerprint density at radius 3 is 2.84 bits per heavy atom. The first kappa shape index (κ1) is 21.8. The quantitative estimate of drug-likeness (QED) is 0.662. The molecule has 2 heterocycles. The van der Waals surface area contributed by atoms with Gasteiger partial charge in [0.25, 0.3) is 5.91 Å². The number of carbonyl (C=O) groups excluding carboxylic acids is 2. The average Bonchev–Trinajstić information content (AvgIpc) is 3.11. The number of anilines is 2. The van der Waals surface area contributed by atoms with Crippen molar-refractivity contribution in [2.24, 2.45) is 0 Å². The van der Waals surface area contributed by atoms with E-state index in [9.17, 15) is 14.9 Å². The van der Waals surface area contributed by atoms with Crippen LogP contribution in [0, 0.1) is 11.3 Å². The van der Waals surface area contributed by atoms with Crippen LogP contribution in [0.2, 0.25) is 0 Å². The number of fused-ring (bicyclic) bond motifs is 1. The van der Waals surface area contributed by atoms with Crippen LogP contribution in [0.4, 0.5) is 11.4 Å². The van der Waals surface area contributed by atoms with Gasteiger partial charge in [-0.05, 0) is 41.8 Å². The zero-order valence-corrected chi connectivity index (χ0v) is 18.1. The molecule has 0 bridgehead atoms. The highest BCUT2D eigenvalue weighted by atomic mass is 16.5. The SMILES string of the molecule is CN1C(=O)CNc2ccc(-c3ccc(C[C@@H](C#N)NC(=O)C4CNCCCO4)cc3)cc21. The number of hydrogen-bond donors (Lipinski definition) is 3. The molecular weight excluding hydrogens is 406 g/mol. The van der Waals surface area contributed by atoms with Crippen molar-refractivity contribution in [2.75, 3.05) is 43.5 Å². The predicted molar refractivity (Wildman–Crippen MR) is 122 cm³/mol. The number of nitrogens with one attached hydrogen (secondary N) is 3. The van der Waals surface area contributed by atoms with Gasteiger partial charge in [0.05, 0.1) is 24.0 Å². The van der Waals surface area contributed by atoms with Gasteiger partial charge in [0, 0.05) is 26.6 Å². The Bertz CT molecular complexity index is 1020. The summed E-state index contributed by atoms with van der Waals surface area (Å²) in [6.07, 6.45) is 0.707. The van der Waals surface area contributed by atoms with Crippen LogP contribution in [0.15, 0.2) is 42.5 Å². The van der Waals surface area contributed by atoms with E-state index >= 15 is 0 Å². The van der Waals surface area contributed by atoms with E-state index in [1.54, 1.807) is 11.9 Å². The van der Waals surface area contributed by atoms with Gasteiger partial charge in [-0.15, -0.1) is 0 Å². The molecule has 3 N–H and O–H groups in total. The monoisotopic (exact) mass is 433 g/mol. The summed E-state index contributed by atoms with van der Waals surface area (Å²) in [6, 6.07) is 15.4. The molecule has 2 atom stereocenters. The van der Waals surface area contributed by atoms with Crippen LogP contribution in [0.3, 0.4) is 0 Å². The first-order valence-electron chi connectivity index (χ1n) is 10.8. The van der Waals surface area contributed by atoms with Gasteiger partial charge in [0.15, 0.2) is 0 Å². The third-order valence-electron chi connectivity index (χ3n) is 5.80. The van der Waals surface area contributed by atoms with Crippen LogP contribution in [-0.4, -0.2) is 57.2 Å². The second-order valence-corrected chi connectivity index (χ2v) is 8.05. The van der Waals surface area contributed by atoms with Gasteiger partial charge in [-0.2, -0.15) is 5.26 Å². The van der Waals surface area contributed by atoms with Gasteiger partial charge in [0.1, 0.15) is 12.1 Å². The standard InChI is InChI=1S/C24H27N5O3/c1-29-21-12-18(7-8-20(21)27-15-23(29)30)17-5-3-16(4-6-17)11-19(13-25)28-24(31)22-14-26-9-2-10-32-22/h3-8,12,19,22,26-27H,2,9-11,14-15H2,1H3,(H,28,31)/t19-,22?/m0/s1. The lowest BCUT2D eigenvalue weighted by atomic mass is 9.99. The van der Waals surface area contributed by atoms with Crippen molar-refractivity contribution in [3.8, 4) is 17.2 Å². The van der Waals surface area contributed by atoms with Crippen LogP contribution in [0.5, 0.6) is 0 Å². The molecular formula is C24H27N5O3. The molecule has 1 unspecified atom stereocenters. The van der Waals surface area contributed by atoms with Crippen molar-refractivity contribution >= 4 is 23.2 Å². The molecule has 32 heavy (non-hydrogen) atoms. The number of carbonyl (C=O) groups is 2. The Labute approximate surface area is 187 Å². The maximum absolute atomic E-state index is 12.5. The number of ether oxygens (including phenoxy) is 1. The Morgan fingerprint density at radius 2 is 2.06 bits per heavy atom. The fourth-order valence-electron chi connectivity index (χ4n) is 3.91. The summed E-state index contributed by atoms with van der Waals surface area (Å²) in [5, 5.41) is 18.6. The largest absolute Gasteiger partial charge is 0.374 e. The Kier molecular flexibility index (Phi) is 6.69. The molecule has 166 valence electrons. The topological polar surface area (TPSA) is 106 Å². The van der Waals surface area contributed by atoms with Crippen LogP contribution in [0.25, 0.3) is 11.1 Å². The molecule has 1 saturated heterocycles. The van der Waals surface area contributed by atoms with E-state index < -0.39 is 12.1 Å². The van der Waals surface area contributed by atoms with Crippen molar-refractivity contribution in [2.45, 2.75) is 25.0 Å². The van der Waals surface area contributed by atoms with Gasteiger partial charge in [-0.1, -0.05) is 30.3 Å². The van der Waals surface area contributed by atoms with E-state index in [4.69, 9.17) is 4.74 Å². The number of benzene rings is 2. The van der Waals surface area contributed by atoms with Crippen LogP contribution in [0.1, 0.15) is 12.0 Å². The molecule has 0 saturated carbocycles. The van der Waals surface area contributed by atoms with Gasteiger partial charge in [-0.25, -0.2) is 0 Å². The number of likely N-dealkylation sites (N-methyl/N-ethyl adjacent to an activating group) is 1. The maximum atomic E-state index is 12.5. The van der Waals surface area contributed by atoms with Crippen LogP contribution >= 0.6 is 0 Å². The zero-order chi connectivity index (χ0) is 22.5.